The number of aliphatic imine (C=N–C) groups is 1. The molecular weight excluding hydrogens is 397 g/mol. The molecular formula is C20H12FN3O4S. The Balaban J connectivity index is 1.56. The van der Waals surface area contributed by atoms with Crippen LogP contribution in [0.3, 0.4) is 0 Å². The van der Waals surface area contributed by atoms with Gasteiger partial charge < -0.3 is 9.73 Å². The second-order valence-electron chi connectivity index (χ2n) is 5.94. The molecule has 1 amide bonds. The number of hydrogen-bond acceptors (Lipinski definition) is 6. The van der Waals surface area contributed by atoms with Crippen LogP contribution in [0, 0.1) is 15.9 Å². The number of nitrogens with one attached hydrogen (secondary N) is 1. The predicted molar refractivity (Wildman–Crippen MR) is 108 cm³/mol. The van der Waals surface area contributed by atoms with Gasteiger partial charge in [0.25, 0.3) is 11.6 Å². The first-order valence-corrected chi connectivity index (χ1v) is 9.20. The molecule has 0 spiro atoms. The van der Waals surface area contributed by atoms with Crippen LogP contribution < -0.4 is 5.32 Å². The van der Waals surface area contributed by atoms with E-state index in [1.807, 2.05) is 0 Å². The fourth-order valence-electron chi connectivity index (χ4n) is 2.62. The number of halogens is 1. The number of benzene rings is 2. The van der Waals surface area contributed by atoms with E-state index in [0.29, 0.717) is 22.0 Å². The van der Waals surface area contributed by atoms with Gasteiger partial charge in [0.2, 0.25) is 0 Å². The number of furan rings is 1. The van der Waals surface area contributed by atoms with Crippen LogP contribution in [0.1, 0.15) is 5.76 Å². The lowest BCUT2D eigenvalue weighted by Gasteiger charge is -1.97. The molecule has 1 saturated heterocycles. The van der Waals surface area contributed by atoms with Gasteiger partial charge in [-0.2, -0.15) is 0 Å². The van der Waals surface area contributed by atoms with Crippen molar-refractivity contribution in [3.8, 4) is 11.3 Å². The summed E-state index contributed by atoms with van der Waals surface area (Å²) in [5, 5.41) is 13.8. The number of thioether (sulfide) groups is 1. The number of rotatable bonds is 4. The Morgan fingerprint density at radius 3 is 2.76 bits per heavy atom. The van der Waals surface area contributed by atoms with E-state index in [-0.39, 0.29) is 22.4 Å². The van der Waals surface area contributed by atoms with Crippen LogP contribution in [0.25, 0.3) is 17.4 Å². The van der Waals surface area contributed by atoms with E-state index in [2.05, 4.69) is 10.3 Å². The van der Waals surface area contributed by atoms with Crippen molar-refractivity contribution >= 4 is 40.3 Å². The van der Waals surface area contributed by atoms with Gasteiger partial charge in [0.15, 0.2) is 5.17 Å². The second kappa shape index (κ2) is 7.72. The summed E-state index contributed by atoms with van der Waals surface area (Å²) >= 11 is 1.06. The number of para-hydroxylation sites is 1. The molecule has 144 valence electrons. The van der Waals surface area contributed by atoms with Crippen molar-refractivity contribution in [2.75, 3.05) is 0 Å². The topological polar surface area (TPSA) is 97.7 Å². The number of carbonyl (C=O) groups is 1. The maximum Gasteiger partial charge on any atom is 0.270 e. The summed E-state index contributed by atoms with van der Waals surface area (Å²) in [4.78, 5) is 27.1. The van der Waals surface area contributed by atoms with Crippen molar-refractivity contribution in [1.82, 2.24) is 5.32 Å². The van der Waals surface area contributed by atoms with Crippen LogP contribution in [-0.2, 0) is 4.79 Å². The fraction of sp³-hybridized carbons (Fsp3) is 0. The first kappa shape index (κ1) is 18.6. The van der Waals surface area contributed by atoms with Crippen LogP contribution in [0.2, 0.25) is 0 Å². The van der Waals surface area contributed by atoms with Gasteiger partial charge in [0.1, 0.15) is 23.0 Å². The monoisotopic (exact) mass is 409 g/mol. The number of non-ortho nitro benzene ring substituents is 1. The molecule has 0 saturated carbocycles. The van der Waals surface area contributed by atoms with Crippen molar-refractivity contribution in [3.63, 3.8) is 0 Å². The van der Waals surface area contributed by atoms with Crippen molar-refractivity contribution in [2.24, 2.45) is 4.99 Å². The Kier molecular flexibility index (Phi) is 4.96. The molecule has 0 bridgehead atoms. The normalized spacial score (nSPS) is 16.4. The third kappa shape index (κ3) is 4.09. The number of nitro groups is 1. The van der Waals surface area contributed by atoms with E-state index >= 15 is 0 Å². The molecule has 1 aliphatic rings. The van der Waals surface area contributed by atoms with Gasteiger partial charge in [0, 0.05) is 23.8 Å². The highest BCUT2D eigenvalue weighted by molar-refractivity contribution is 8.18. The summed E-state index contributed by atoms with van der Waals surface area (Å²) in [6, 6.07) is 15.4. The maximum absolute atomic E-state index is 13.7. The van der Waals surface area contributed by atoms with Gasteiger partial charge in [-0.15, -0.1) is 0 Å². The van der Waals surface area contributed by atoms with Crippen LogP contribution in [0.4, 0.5) is 15.8 Å². The van der Waals surface area contributed by atoms with Crippen molar-refractivity contribution in [1.29, 1.82) is 0 Å². The Morgan fingerprint density at radius 2 is 1.97 bits per heavy atom. The highest BCUT2D eigenvalue weighted by atomic mass is 32.2. The zero-order chi connectivity index (χ0) is 20.4. The third-order valence-corrected chi connectivity index (χ3v) is 4.88. The quantitative estimate of drug-likeness (QED) is 0.376. The molecule has 0 atom stereocenters. The minimum absolute atomic E-state index is 0.0430. The summed E-state index contributed by atoms with van der Waals surface area (Å²) in [6.45, 7) is 0. The summed E-state index contributed by atoms with van der Waals surface area (Å²) in [6.07, 6.45) is 1.53. The third-order valence-electron chi connectivity index (χ3n) is 3.97. The fourth-order valence-corrected chi connectivity index (χ4v) is 3.43. The van der Waals surface area contributed by atoms with Crippen molar-refractivity contribution in [2.45, 2.75) is 0 Å². The number of amides is 1. The number of nitro benzene ring substituents is 1. The average molecular weight is 409 g/mol. The number of hydrogen-bond donors (Lipinski definition) is 1. The van der Waals surface area contributed by atoms with Crippen LogP contribution in [0.5, 0.6) is 0 Å². The molecule has 7 nitrogen and oxygen atoms in total. The molecule has 0 radical (unpaired) electrons. The van der Waals surface area contributed by atoms with Crippen LogP contribution in [-0.4, -0.2) is 16.0 Å². The molecule has 1 aromatic heterocycles. The lowest BCUT2D eigenvalue weighted by molar-refractivity contribution is -0.384. The van der Waals surface area contributed by atoms with Gasteiger partial charge in [-0.05, 0) is 36.0 Å². The molecule has 1 fully saturated rings. The molecule has 4 rings (SSSR count). The first-order valence-electron chi connectivity index (χ1n) is 8.38. The summed E-state index contributed by atoms with van der Waals surface area (Å²) in [7, 11) is 0. The highest BCUT2D eigenvalue weighted by Crippen LogP contribution is 2.31. The zero-order valence-electron chi connectivity index (χ0n) is 14.7. The minimum atomic E-state index is -0.486. The standard InChI is InChI=1S/C20H12FN3O4S/c21-15-6-1-2-7-16(15)22-20-23-19(25)18(29-20)11-14-8-9-17(28-14)12-4-3-5-13(10-12)24(26)27/h1-11H,(H,22,23,25)/b18-11+. The van der Waals surface area contributed by atoms with E-state index in [1.165, 1.54) is 30.3 Å². The van der Waals surface area contributed by atoms with Gasteiger partial charge in [-0.25, -0.2) is 9.38 Å². The lowest BCUT2D eigenvalue weighted by Crippen LogP contribution is -2.19. The van der Waals surface area contributed by atoms with E-state index < -0.39 is 10.7 Å². The van der Waals surface area contributed by atoms with Gasteiger partial charge in [-0.1, -0.05) is 24.3 Å². The number of carbonyl (C=O) groups excluding carboxylic acids is 1. The molecule has 0 aliphatic carbocycles. The Morgan fingerprint density at radius 1 is 1.14 bits per heavy atom. The summed E-state index contributed by atoms with van der Waals surface area (Å²) in [5.41, 5.74) is 0.634. The van der Waals surface area contributed by atoms with E-state index in [0.717, 1.165) is 11.8 Å². The predicted octanol–water partition coefficient (Wildman–Crippen LogP) is 4.89. The van der Waals surface area contributed by atoms with Gasteiger partial charge in [-0.3, -0.25) is 14.9 Å². The van der Waals surface area contributed by atoms with Gasteiger partial charge in [0.05, 0.1) is 9.83 Å². The smallest absolute Gasteiger partial charge is 0.270 e. The molecule has 29 heavy (non-hydrogen) atoms. The average Bonchev–Trinajstić information content (AvgIpc) is 3.31. The van der Waals surface area contributed by atoms with Crippen molar-refractivity contribution < 1.29 is 18.5 Å². The molecule has 2 heterocycles. The van der Waals surface area contributed by atoms with Gasteiger partial charge >= 0.3 is 0 Å². The molecule has 9 heteroatoms. The molecule has 2 aromatic carbocycles. The summed E-state index contributed by atoms with van der Waals surface area (Å²) < 4.78 is 19.4. The Hall–Kier alpha value is -3.72. The molecule has 3 aromatic rings. The van der Waals surface area contributed by atoms with Crippen LogP contribution >= 0.6 is 11.8 Å². The lowest BCUT2D eigenvalue weighted by atomic mass is 10.1. The van der Waals surface area contributed by atoms with E-state index in [9.17, 15) is 19.3 Å². The van der Waals surface area contributed by atoms with E-state index in [4.69, 9.17) is 4.42 Å². The molecule has 1 N–H and O–H groups in total. The Labute approximate surface area is 168 Å². The second-order valence-corrected chi connectivity index (χ2v) is 6.97. The zero-order valence-corrected chi connectivity index (χ0v) is 15.5. The maximum atomic E-state index is 13.7. The minimum Gasteiger partial charge on any atom is -0.457 e. The number of nitrogens with zero attached hydrogens (tertiary/aromatic N) is 2. The molecule has 0 unspecified atom stereocenters. The summed E-state index contributed by atoms with van der Waals surface area (Å²) in [5.74, 6) is -0.0289. The number of amidine groups is 1. The Bertz CT molecular complexity index is 1190. The highest BCUT2D eigenvalue weighted by Gasteiger charge is 2.24. The molecule has 1 aliphatic heterocycles. The van der Waals surface area contributed by atoms with E-state index in [1.54, 1.807) is 36.4 Å². The van der Waals surface area contributed by atoms with Crippen LogP contribution in [0.15, 0.2) is 75.0 Å². The largest absolute Gasteiger partial charge is 0.457 e. The SMILES string of the molecule is O=C1NC(=Nc2ccccc2F)S/C1=C/c1ccc(-c2cccc([N+](=O)[O-])c2)o1. The van der Waals surface area contributed by atoms with Crippen molar-refractivity contribution in [3.05, 3.63) is 87.3 Å². The first-order chi connectivity index (χ1) is 14.0.